The molecule has 3 aliphatic carbocycles. The Balaban J connectivity index is 1.32. The van der Waals surface area contributed by atoms with Crippen molar-refractivity contribution in [2.75, 3.05) is 20.1 Å². The molecule has 1 unspecified atom stereocenters. The third-order valence-electron chi connectivity index (χ3n) is 9.86. The summed E-state index contributed by atoms with van der Waals surface area (Å²) in [4.78, 5) is 14.8. The molecule has 1 aromatic heterocycles. The topological polar surface area (TPSA) is 126 Å². The Kier molecular flexibility index (Phi) is 4.78. The monoisotopic (exact) mass is 508 g/mol. The number of hydroxylamine groups is 3. The summed E-state index contributed by atoms with van der Waals surface area (Å²) in [5, 5.41) is 49.3. The highest BCUT2D eigenvalue weighted by molar-refractivity contribution is 5.92. The van der Waals surface area contributed by atoms with E-state index in [0.29, 0.717) is 36.4 Å². The van der Waals surface area contributed by atoms with E-state index >= 15 is 0 Å². The molecule has 3 heterocycles. The number of carbonyl (C=O) groups is 1. The van der Waals surface area contributed by atoms with Crippen molar-refractivity contribution in [3.8, 4) is 11.5 Å². The van der Waals surface area contributed by atoms with Gasteiger partial charge in [-0.1, -0.05) is 6.07 Å². The van der Waals surface area contributed by atoms with Gasteiger partial charge >= 0.3 is 0 Å². The summed E-state index contributed by atoms with van der Waals surface area (Å²) < 4.78 is 10.9. The van der Waals surface area contributed by atoms with Gasteiger partial charge in [-0.05, 0) is 49.5 Å². The summed E-state index contributed by atoms with van der Waals surface area (Å²) >= 11 is 0. The number of amides is 1. The Labute approximate surface area is 214 Å². The predicted octanol–water partition coefficient (Wildman–Crippen LogP) is 2.59. The molecule has 1 saturated heterocycles. The van der Waals surface area contributed by atoms with Crippen molar-refractivity contribution < 1.29 is 33.9 Å². The first kappa shape index (κ1) is 23.3. The van der Waals surface area contributed by atoms with Crippen LogP contribution in [0.1, 0.15) is 54.9 Å². The number of likely N-dealkylation sites (N-methyl/N-ethyl adjacent to an activating group) is 1. The number of likely N-dealkylation sites (tertiary alicyclic amines) is 1. The number of aliphatic hydroxyl groups excluding tert-OH is 1. The van der Waals surface area contributed by atoms with E-state index in [1.165, 1.54) is 18.4 Å². The number of nitrogens with zero attached hydrogens (tertiary/aromatic N) is 2. The van der Waals surface area contributed by atoms with Crippen molar-refractivity contribution >= 4 is 12.0 Å². The zero-order valence-corrected chi connectivity index (χ0v) is 20.7. The molecule has 2 aliphatic heterocycles. The Bertz CT molecular complexity index is 1290. The quantitative estimate of drug-likeness (QED) is 0.322. The molecule has 37 heavy (non-hydrogen) atoms. The zero-order chi connectivity index (χ0) is 25.7. The number of ether oxygens (including phenoxy) is 1. The number of hydrogen-bond acceptors (Lipinski definition) is 7. The summed E-state index contributed by atoms with van der Waals surface area (Å²) in [6.45, 7) is 0.645. The Hall–Kier alpha value is -2.85. The fourth-order valence-corrected chi connectivity index (χ4v) is 8.03. The fraction of sp³-hybridized carbons (Fsp3) is 0.536. The van der Waals surface area contributed by atoms with Crippen LogP contribution < -0.4 is 4.74 Å². The second-order valence-corrected chi connectivity index (χ2v) is 11.7. The normalized spacial score (nSPS) is 39.4. The first-order valence-electron chi connectivity index (χ1n) is 13.2. The van der Waals surface area contributed by atoms with E-state index in [1.807, 2.05) is 0 Å². The maximum Gasteiger partial charge on any atom is 0.246 e. The largest absolute Gasteiger partial charge is 0.632 e. The summed E-state index contributed by atoms with van der Waals surface area (Å²) in [6, 6.07) is 3.57. The van der Waals surface area contributed by atoms with E-state index in [1.54, 1.807) is 36.4 Å². The molecule has 7 atom stereocenters. The standard InChI is InChI=1S/C28H32N2O7/c1-29(21(32)7-4-17-9-13-36-15-17)19-8-10-28(34)25-23(33)18-5-6-20(31)24-22(18)27(28,26(19)37-24)11-12-30(25,35)14-16-2-3-16/h4-7,9,13,15-16,19,23,25-26,31,33-34H,2-3,8,10-12,14H2,1H3/b7-4+/t19-,23?,25-,26+,27+,28-,30-/m1/s1. The third kappa shape index (κ3) is 2.97. The zero-order valence-electron chi connectivity index (χ0n) is 20.7. The lowest BCUT2D eigenvalue weighted by Crippen LogP contribution is -2.82. The molecule has 3 fully saturated rings. The minimum Gasteiger partial charge on any atom is -0.632 e. The second-order valence-electron chi connectivity index (χ2n) is 11.7. The van der Waals surface area contributed by atoms with E-state index in [0.717, 1.165) is 18.4 Å². The van der Waals surface area contributed by atoms with E-state index < -0.39 is 40.0 Å². The number of phenolic OH excluding ortho intramolecular Hbond substituents is 1. The number of benzene rings is 1. The van der Waals surface area contributed by atoms with Crippen molar-refractivity contribution in [2.45, 2.75) is 67.4 Å². The van der Waals surface area contributed by atoms with Gasteiger partial charge in [0.1, 0.15) is 23.9 Å². The van der Waals surface area contributed by atoms with E-state index in [4.69, 9.17) is 9.15 Å². The lowest BCUT2D eigenvalue weighted by molar-refractivity contribution is -0.929. The van der Waals surface area contributed by atoms with Gasteiger partial charge in [0.25, 0.3) is 0 Å². The van der Waals surface area contributed by atoms with Crippen LogP contribution in [0.5, 0.6) is 11.5 Å². The molecule has 1 spiro atoms. The molecule has 2 bridgehead atoms. The molecule has 9 nitrogen and oxygen atoms in total. The smallest absolute Gasteiger partial charge is 0.246 e. The number of rotatable bonds is 5. The van der Waals surface area contributed by atoms with Gasteiger partial charge in [0.15, 0.2) is 11.5 Å². The molecule has 9 heteroatoms. The van der Waals surface area contributed by atoms with Crippen molar-refractivity contribution in [1.82, 2.24) is 4.90 Å². The number of phenols is 1. The molecule has 7 rings (SSSR count). The number of hydrogen-bond donors (Lipinski definition) is 3. The van der Waals surface area contributed by atoms with Gasteiger partial charge in [0.05, 0.1) is 37.1 Å². The highest BCUT2D eigenvalue weighted by atomic mass is 16.6. The first-order valence-corrected chi connectivity index (χ1v) is 13.2. The van der Waals surface area contributed by atoms with Crippen LogP contribution in [0.2, 0.25) is 0 Å². The number of furan rings is 1. The number of quaternary nitrogens is 1. The van der Waals surface area contributed by atoms with Crippen LogP contribution in [0.4, 0.5) is 0 Å². The summed E-state index contributed by atoms with van der Waals surface area (Å²) in [5.41, 5.74) is -0.587. The van der Waals surface area contributed by atoms with Crippen LogP contribution >= 0.6 is 0 Å². The molecule has 1 amide bonds. The number of piperidine rings is 1. The molecule has 0 radical (unpaired) electrons. The van der Waals surface area contributed by atoms with Gasteiger partial charge in [-0.25, -0.2) is 0 Å². The summed E-state index contributed by atoms with van der Waals surface area (Å²) in [7, 11) is 1.72. The molecular weight excluding hydrogens is 476 g/mol. The first-order chi connectivity index (χ1) is 17.7. The average Bonchev–Trinajstić information content (AvgIpc) is 3.36. The summed E-state index contributed by atoms with van der Waals surface area (Å²) in [5.74, 6) is 0.308. The molecular formula is C28H32N2O7. The molecule has 1 aromatic carbocycles. The van der Waals surface area contributed by atoms with Gasteiger partial charge in [-0.3, -0.25) is 4.79 Å². The lowest BCUT2D eigenvalue weighted by atomic mass is 9.47. The third-order valence-corrected chi connectivity index (χ3v) is 9.86. The number of aliphatic hydroxyl groups is 2. The Morgan fingerprint density at radius 3 is 2.81 bits per heavy atom. The maximum absolute atomic E-state index is 14.3. The minimum atomic E-state index is -1.52. The van der Waals surface area contributed by atoms with E-state index in [-0.39, 0.29) is 30.4 Å². The van der Waals surface area contributed by atoms with Crippen LogP contribution in [0, 0.1) is 11.1 Å². The van der Waals surface area contributed by atoms with Gasteiger partial charge in [0, 0.05) is 36.6 Å². The lowest BCUT2D eigenvalue weighted by Gasteiger charge is -2.69. The molecule has 2 aromatic rings. The van der Waals surface area contributed by atoms with Crippen molar-refractivity contribution in [3.05, 3.63) is 58.7 Å². The van der Waals surface area contributed by atoms with Gasteiger partial charge in [-0.2, -0.15) is 0 Å². The molecule has 5 aliphatic rings. The SMILES string of the molecule is CN(C(=O)/C=C/c1ccoc1)[C@@H]1CC[C@@]2(O)[C@H]3C(O)c4ccc(O)c5c4[C@@]2(CC[N@@+]3([O-])CC2CC2)[C@H]1O5. The Morgan fingerprint density at radius 1 is 1.27 bits per heavy atom. The number of aromatic hydroxyl groups is 1. The Morgan fingerprint density at radius 2 is 2.08 bits per heavy atom. The molecule has 2 saturated carbocycles. The van der Waals surface area contributed by atoms with Gasteiger partial charge < -0.3 is 39.2 Å². The van der Waals surface area contributed by atoms with E-state index in [9.17, 15) is 25.3 Å². The summed E-state index contributed by atoms with van der Waals surface area (Å²) in [6.07, 6.45) is 7.47. The molecule has 196 valence electrons. The van der Waals surface area contributed by atoms with Crippen molar-refractivity contribution in [2.24, 2.45) is 5.92 Å². The highest BCUT2D eigenvalue weighted by Crippen LogP contribution is 2.68. The van der Waals surface area contributed by atoms with Crippen LogP contribution in [-0.2, 0) is 10.2 Å². The molecule has 3 N–H and O–H groups in total. The van der Waals surface area contributed by atoms with Crippen LogP contribution in [0.25, 0.3) is 6.08 Å². The highest BCUT2D eigenvalue weighted by Gasteiger charge is 2.78. The maximum atomic E-state index is 14.3. The van der Waals surface area contributed by atoms with E-state index in [2.05, 4.69) is 0 Å². The average molecular weight is 509 g/mol. The van der Waals surface area contributed by atoms with Gasteiger partial charge in [-0.15, -0.1) is 0 Å². The van der Waals surface area contributed by atoms with Gasteiger partial charge in [0.2, 0.25) is 5.91 Å². The number of carbonyl (C=O) groups excluding carboxylic acids is 1. The van der Waals surface area contributed by atoms with Crippen molar-refractivity contribution in [3.63, 3.8) is 0 Å². The van der Waals surface area contributed by atoms with Crippen molar-refractivity contribution in [1.29, 1.82) is 0 Å². The second kappa shape index (κ2) is 7.60. The predicted molar refractivity (Wildman–Crippen MR) is 132 cm³/mol. The van der Waals surface area contributed by atoms with Crippen LogP contribution in [-0.4, -0.2) is 74.7 Å². The van der Waals surface area contributed by atoms with Crippen LogP contribution in [0.3, 0.4) is 0 Å². The fourth-order valence-electron chi connectivity index (χ4n) is 8.03. The minimum absolute atomic E-state index is 0.0606. The van der Waals surface area contributed by atoms with Crippen LogP contribution in [0.15, 0.2) is 41.2 Å².